The molecule has 0 aromatic carbocycles. The number of carbonyl (C=O) groups excluding carboxylic acids is 3. The van der Waals surface area contributed by atoms with Crippen LogP contribution in [0.3, 0.4) is 0 Å². The predicted octanol–water partition coefficient (Wildman–Crippen LogP) is 6.48. The van der Waals surface area contributed by atoms with E-state index in [2.05, 4.69) is 5.32 Å². The molecule has 0 radical (unpaired) electrons. The number of hydrogen-bond donors (Lipinski definition) is 2. The second-order valence-electron chi connectivity index (χ2n) is 11.9. The molecule has 0 aliphatic carbocycles. The van der Waals surface area contributed by atoms with Crippen LogP contribution < -0.4 is 5.32 Å². The molecule has 0 aliphatic rings. The highest BCUT2D eigenvalue weighted by Gasteiger charge is 2.27. The van der Waals surface area contributed by atoms with Crippen LogP contribution in [-0.4, -0.2) is 46.2 Å². The predicted molar refractivity (Wildman–Crippen MR) is 145 cm³/mol. The van der Waals surface area contributed by atoms with Crippen molar-refractivity contribution in [1.29, 1.82) is 0 Å². The number of carboxylic acids is 1. The Morgan fingerprint density at radius 1 is 0.622 bits per heavy atom. The van der Waals surface area contributed by atoms with E-state index >= 15 is 0 Å². The minimum atomic E-state index is -1.02. The zero-order valence-corrected chi connectivity index (χ0v) is 24.3. The Kier molecular flexibility index (Phi) is 17.9. The molecule has 0 aliphatic heterocycles. The molecular formula is C29H53NO7. The number of hydrogen-bond acceptors (Lipinski definition) is 6. The lowest BCUT2D eigenvalue weighted by molar-refractivity contribution is -0.159. The fourth-order valence-corrected chi connectivity index (χ4v) is 3.87. The summed E-state index contributed by atoms with van der Waals surface area (Å²) < 4.78 is 10.6. The quantitative estimate of drug-likeness (QED) is 0.137. The maximum absolute atomic E-state index is 12.3. The van der Waals surface area contributed by atoms with E-state index in [1.807, 2.05) is 20.8 Å². The van der Waals surface area contributed by atoms with Crippen molar-refractivity contribution in [2.45, 2.75) is 162 Å². The average molecular weight is 528 g/mol. The van der Waals surface area contributed by atoms with Crippen LogP contribution in [0.1, 0.15) is 144 Å². The Morgan fingerprint density at radius 2 is 1.03 bits per heavy atom. The molecule has 8 heteroatoms. The van der Waals surface area contributed by atoms with E-state index in [4.69, 9.17) is 14.6 Å². The molecule has 0 saturated heterocycles. The standard InChI is InChI=1S/C29H53NO7/c1-28(2,3)36-26(34)20-18-16-14-12-10-8-7-9-11-13-15-17-19-24(31)30-23(21-22-25(32)33)27(35)37-29(4,5)6/h23H,7-22H2,1-6H3,(H,30,31)(H,32,33)/t23-/m0/s1. The van der Waals surface area contributed by atoms with Gasteiger partial charge in [0.2, 0.25) is 5.91 Å². The maximum atomic E-state index is 12.3. The molecule has 2 N–H and O–H groups in total. The average Bonchev–Trinajstić information content (AvgIpc) is 2.74. The lowest BCUT2D eigenvalue weighted by Crippen LogP contribution is -2.44. The zero-order valence-electron chi connectivity index (χ0n) is 24.3. The minimum absolute atomic E-state index is 0.0159. The second-order valence-corrected chi connectivity index (χ2v) is 11.9. The van der Waals surface area contributed by atoms with E-state index in [0.717, 1.165) is 44.9 Å². The van der Waals surface area contributed by atoms with Gasteiger partial charge in [-0.25, -0.2) is 4.79 Å². The monoisotopic (exact) mass is 527 g/mol. The molecule has 1 amide bonds. The third kappa shape index (κ3) is 24.0. The molecule has 8 nitrogen and oxygen atoms in total. The van der Waals surface area contributed by atoms with Gasteiger partial charge >= 0.3 is 17.9 Å². The van der Waals surface area contributed by atoms with Gasteiger partial charge in [0.05, 0.1) is 0 Å². The summed E-state index contributed by atoms with van der Waals surface area (Å²) in [7, 11) is 0. The number of ether oxygens (including phenoxy) is 2. The van der Waals surface area contributed by atoms with Crippen molar-refractivity contribution in [3.63, 3.8) is 0 Å². The Balaban J connectivity index is 3.78. The van der Waals surface area contributed by atoms with Crippen molar-refractivity contribution in [1.82, 2.24) is 5.32 Å². The van der Waals surface area contributed by atoms with Crippen molar-refractivity contribution in [2.75, 3.05) is 0 Å². The van der Waals surface area contributed by atoms with E-state index in [9.17, 15) is 19.2 Å². The van der Waals surface area contributed by atoms with Crippen LogP contribution >= 0.6 is 0 Å². The van der Waals surface area contributed by atoms with Gasteiger partial charge in [-0.15, -0.1) is 0 Å². The smallest absolute Gasteiger partial charge is 0.329 e. The highest BCUT2D eigenvalue weighted by Crippen LogP contribution is 2.15. The third-order valence-corrected chi connectivity index (χ3v) is 5.63. The third-order valence-electron chi connectivity index (χ3n) is 5.63. The molecule has 1 atom stereocenters. The molecule has 0 heterocycles. The highest BCUT2D eigenvalue weighted by atomic mass is 16.6. The Morgan fingerprint density at radius 3 is 1.43 bits per heavy atom. The number of carbonyl (C=O) groups is 4. The van der Waals surface area contributed by atoms with Gasteiger partial charge in [-0.3, -0.25) is 14.4 Å². The van der Waals surface area contributed by atoms with Crippen molar-refractivity contribution in [2.24, 2.45) is 0 Å². The summed E-state index contributed by atoms with van der Waals surface area (Å²) >= 11 is 0. The zero-order chi connectivity index (χ0) is 28.3. The molecule has 0 unspecified atom stereocenters. The van der Waals surface area contributed by atoms with Gasteiger partial charge in [0.15, 0.2) is 0 Å². The lowest BCUT2D eigenvalue weighted by Gasteiger charge is -2.24. The summed E-state index contributed by atoms with van der Waals surface area (Å²) in [4.78, 5) is 47.1. The van der Waals surface area contributed by atoms with Gasteiger partial charge < -0.3 is 19.9 Å². The first-order valence-electron chi connectivity index (χ1n) is 14.2. The normalized spacial score (nSPS) is 12.6. The fourth-order valence-electron chi connectivity index (χ4n) is 3.87. The minimum Gasteiger partial charge on any atom is -0.481 e. The van der Waals surface area contributed by atoms with Crippen LogP contribution in [0.15, 0.2) is 0 Å². The summed E-state index contributed by atoms with van der Waals surface area (Å²) in [5.41, 5.74) is -1.10. The van der Waals surface area contributed by atoms with Gasteiger partial charge in [0.1, 0.15) is 17.2 Å². The van der Waals surface area contributed by atoms with E-state index in [0.29, 0.717) is 12.8 Å². The summed E-state index contributed by atoms with van der Waals surface area (Å²) in [6, 6.07) is -0.937. The van der Waals surface area contributed by atoms with Gasteiger partial charge in [0.25, 0.3) is 0 Å². The van der Waals surface area contributed by atoms with Crippen LogP contribution in [0, 0.1) is 0 Å². The van der Waals surface area contributed by atoms with Crippen molar-refractivity contribution in [3.8, 4) is 0 Å². The summed E-state index contributed by atoms with van der Waals surface area (Å²) in [5.74, 6) is -1.96. The Labute approximate surface area is 224 Å². The number of esters is 2. The van der Waals surface area contributed by atoms with Gasteiger partial charge in [0, 0.05) is 19.3 Å². The van der Waals surface area contributed by atoms with Crippen LogP contribution in [-0.2, 0) is 28.7 Å². The van der Waals surface area contributed by atoms with E-state index < -0.39 is 29.2 Å². The van der Waals surface area contributed by atoms with Gasteiger partial charge in [-0.2, -0.15) is 0 Å². The first-order valence-corrected chi connectivity index (χ1v) is 14.2. The topological polar surface area (TPSA) is 119 Å². The molecule has 0 fully saturated rings. The Hall–Kier alpha value is -2.12. The van der Waals surface area contributed by atoms with Crippen LogP contribution in [0.4, 0.5) is 0 Å². The number of carboxylic acid groups (broad SMARTS) is 1. The largest absolute Gasteiger partial charge is 0.481 e. The first-order chi connectivity index (χ1) is 17.2. The molecule has 0 bridgehead atoms. The maximum Gasteiger partial charge on any atom is 0.329 e. The lowest BCUT2D eigenvalue weighted by atomic mass is 10.0. The first kappa shape index (κ1) is 34.9. The van der Waals surface area contributed by atoms with Crippen molar-refractivity contribution in [3.05, 3.63) is 0 Å². The molecule has 0 spiro atoms. The number of rotatable bonds is 20. The molecule has 37 heavy (non-hydrogen) atoms. The van der Waals surface area contributed by atoms with Crippen molar-refractivity contribution < 1.29 is 33.8 Å². The van der Waals surface area contributed by atoms with Crippen molar-refractivity contribution >= 4 is 23.8 Å². The molecule has 0 aromatic heterocycles. The van der Waals surface area contributed by atoms with E-state index in [1.165, 1.54) is 32.1 Å². The highest BCUT2D eigenvalue weighted by molar-refractivity contribution is 5.85. The van der Waals surface area contributed by atoms with Crippen LogP contribution in [0.25, 0.3) is 0 Å². The molecule has 0 rings (SSSR count). The van der Waals surface area contributed by atoms with Gasteiger partial charge in [-0.05, 0) is 60.8 Å². The number of amides is 1. The Bertz CT molecular complexity index is 677. The van der Waals surface area contributed by atoms with Crippen LogP contribution in [0.2, 0.25) is 0 Å². The molecule has 0 saturated carbocycles. The van der Waals surface area contributed by atoms with E-state index in [-0.39, 0.29) is 24.7 Å². The van der Waals surface area contributed by atoms with Gasteiger partial charge in [-0.1, -0.05) is 64.2 Å². The number of unbranched alkanes of at least 4 members (excludes halogenated alkanes) is 11. The number of nitrogens with one attached hydrogen (secondary N) is 1. The fraction of sp³-hybridized carbons (Fsp3) is 0.862. The summed E-state index contributed by atoms with van der Waals surface area (Å²) in [6.07, 6.45) is 13.8. The van der Waals surface area contributed by atoms with Crippen LogP contribution in [0.5, 0.6) is 0 Å². The summed E-state index contributed by atoms with van der Waals surface area (Å²) in [6.45, 7) is 10.9. The molecular weight excluding hydrogens is 474 g/mol. The number of aliphatic carboxylic acids is 1. The molecule has 216 valence electrons. The van der Waals surface area contributed by atoms with E-state index in [1.54, 1.807) is 20.8 Å². The molecule has 0 aromatic rings. The summed E-state index contributed by atoms with van der Waals surface area (Å²) in [5, 5.41) is 11.6. The second kappa shape index (κ2) is 19.0. The SMILES string of the molecule is CC(C)(C)OC(=O)CCCCCCCCCCCCCCC(=O)N[C@@H](CCC(=O)O)C(=O)OC(C)(C)C.